The number of piperidine rings is 1. The third-order valence-corrected chi connectivity index (χ3v) is 5.56. The molecule has 2 aliphatic rings. The van der Waals surface area contributed by atoms with Crippen molar-refractivity contribution in [2.24, 2.45) is 17.6 Å². The van der Waals surface area contributed by atoms with Gasteiger partial charge in [0.25, 0.3) is 0 Å². The molecule has 25 heavy (non-hydrogen) atoms. The summed E-state index contributed by atoms with van der Waals surface area (Å²) in [4.78, 5) is 26.2. The number of amides is 1. The van der Waals surface area contributed by atoms with Gasteiger partial charge in [-0.25, -0.2) is 9.97 Å². The maximum Gasteiger partial charge on any atom is 0.223 e. The van der Waals surface area contributed by atoms with Gasteiger partial charge in [-0.1, -0.05) is 0 Å². The Labute approximate surface area is 147 Å². The first-order valence-electron chi connectivity index (χ1n) is 9.09. The molecule has 2 aromatic rings. The lowest BCUT2D eigenvalue weighted by Crippen LogP contribution is -2.37. The van der Waals surface area contributed by atoms with Crippen LogP contribution in [-0.2, 0) is 9.53 Å². The summed E-state index contributed by atoms with van der Waals surface area (Å²) in [6.45, 7) is 4.52. The fourth-order valence-electron chi connectivity index (χ4n) is 4.19. The van der Waals surface area contributed by atoms with Gasteiger partial charge in [-0.3, -0.25) is 4.79 Å². The molecule has 7 nitrogen and oxygen atoms in total. The molecule has 0 aliphatic carbocycles. The Morgan fingerprint density at radius 1 is 1.36 bits per heavy atom. The Morgan fingerprint density at radius 2 is 2.16 bits per heavy atom. The highest BCUT2D eigenvalue weighted by Gasteiger charge is 2.35. The zero-order valence-corrected chi connectivity index (χ0v) is 14.6. The number of carbonyl (C=O) groups is 1. The van der Waals surface area contributed by atoms with Gasteiger partial charge in [-0.2, -0.15) is 0 Å². The Kier molecular flexibility index (Phi) is 4.33. The molecule has 0 bridgehead atoms. The summed E-state index contributed by atoms with van der Waals surface area (Å²) >= 11 is 0. The second kappa shape index (κ2) is 6.63. The molecule has 2 aromatic heterocycles. The number of aromatic nitrogens is 3. The maximum absolute atomic E-state index is 11.5. The summed E-state index contributed by atoms with van der Waals surface area (Å²) in [6, 6.07) is 2.04. The Balaban J connectivity index is 1.41. The predicted molar refractivity (Wildman–Crippen MR) is 95.2 cm³/mol. The van der Waals surface area contributed by atoms with Crippen molar-refractivity contribution in [3.05, 3.63) is 18.1 Å². The number of anilines is 1. The van der Waals surface area contributed by atoms with Crippen molar-refractivity contribution in [3.63, 3.8) is 0 Å². The second-order valence-corrected chi connectivity index (χ2v) is 7.21. The van der Waals surface area contributed by atoms with Crippen LogP contribution in [0, 0.1) is 18.8 Å². The van der Waals surface area contributed by atoms with Crippen LogP contribution < -0.4 is 10.6 Å². The SMILES string of the molecule is Cc1nc(N2CCC(C[C@@H]3OCC[C@@H]3C(N)=O)CC2)c2cc[nH]c2n1. The number of rotatable bonds is 4. The van der Waals surface area contributed by atoms with Gasteiger partial charge in [0.2, 0.25) is 5.91 Å². The smallest absolute Gasteiger partial charge is 0.223 e. The van der Waals surface area contributed by atoms with Crippen LogP contribution in [0.25, 0.3) is 11.0 Å². The van der Waals surface area contributed by atoms with E-state index in [0.29, 0.717) is 12.5 Å². The standard InChI is InChI=1S/C18H25N5O2/c1-11-21-17-14(2-6-20-17)18(22-11)23-7-3-12(4-8-23)10-15-13(16(19)24)5-9-25-15/h2,6,12-13,15H,3-5,7-10H2,1H3,(H2,19,24)(H,20,21,22)/t13-,15-/m0/s1. The average molecular weight is 343 g/mol. The number of nitrogens with one attached hydrogen (secondary N) is 1. The van der Waals surface area contributed by atoms with Gasteiger partial charge in [0.05, 0.1) is 17.4 Å². The van der Waals surface area contributed by atoms with Gasteiger partial charge in [0.15, 0.2) is 0 Å². The van der Waals surface area contributed by atoms with Gasteiger partial charge >= 0.3 is 0 Å². The third-order valence-electron chi connectivity index (χ3n) is 5.56. The number of aromatic amines is 1. The molecule has 0 spiro atoms. The Bertz CT molecular complexity index is 766. The van der Waals surface area contributed by atoms with Gasteiger partial charge in [-0.05, 0) is 44.6 Å². The van der Waals surface area contributed by atoms with E-state index < -0.39 is 0 Å². The highest BCUT2D eigenvalue weighted by molar-refractivity contribution is 5.87. The highest BCUT2D eigenvalue weighted by atomic mass is 16.5. The van der Waals surface area contributed by atoms with Crippen LogP contribution in [0.5, 0.6) is 0 Å². The van der Waals surface area contributed by atoms with Crippen molar-refractivity contribution in [3.8, 4) is 0 Å². The van der Waals surface area contributed by atoms with Crippen LogP contribution in [-0.4, -0.2) is 46.7 Å². The van der Waals surface area contributed by atoms with Crippen LogP contribution in [0.4, 0.5) is 5.82 Å². The molecule has 0 unspecified atom stereocenters. The number of primary amides is 1. The van der Waals surface area contributed by atoms with Crippen LogP contribution in [0.1, 0.15) is 31.5 Å². The summed E-state index contributed by atoms with van der Waals surface area (Å²) in [5.41, 5.74) is 6.40. The lowest BCUT2D eigenvalue weighted by molar-refractivity contribution is -0.123. The van der Waals surface area contributed by atoms with Crippen molar-refractivity contribution in [1.29, 1.82) is 0 Å². The molecule has 2 saturated heterocycles. The number of nitrogens with two attached hydrogens (primary N) is 1. The van der Waals surface area contributed by atoms with E-state index in [2.05, 4.69) is 19.9 Å². The fourth-order valence-corrected chi connectivity index (χ4v) is 4.19. The van der Waals surface area contributed by atoms with Crippen molar-refractivity contribution in [2.75, 3.05) is 24.6 Å². The monoisotopic (exact) mass is 343 g/mol. The number of nitrogens with zero attached hydrogens (tertiary/aromatic N) is 3. The number of ether oxygens (including phenoxy) is 1. The number of fused-ring (bicyclic) bond motifs is 1. The molecular formula is C18H25N5O2. The lowest BCUT2D eigenvalue weighted by atomic mass is 9.86. The first-order valence-corrected chi connectivity index (χ1v) is 9.09. The summed E-state index contributed by atoms with van der Waals surface area (Å²) in [5, 5.41) is 1.08. The minimum absolute atomic E-state index is 0.00623. The average Bonchev–Trinajstić information content (AvgIpc) is 3.23. The second-order valence-electron chi connectivity index (χ2n) is 7.21. The fraction of sp³-hybridized carbons (Fsp3) is 0.611. The quantitative estimate of drug-likeness (QED) is 0.882. The van der Waals surface area contributed by atoms with Gasteiger partial charge in [-0.15, -0.1) is 0 Å². The van der Waals surface area contributed by atoms with Crippen LogP contribution >= 0.6 is 0 Å². The Morgan fingerprint density at radius 3 is 2.92 bits per heavy atom. The van der Waals surface area contributed by atoms with E-state index in [4.69, 9.17) is 10.5 Å². The zero-order valence-electron chi connectivity index (χ0n) is 14.6. The molecule has 4 heterocycles. The highest BCUT2D eigenvalue weighted by Crippen LogP contribution is 2.33. The Hall–Kier alpha value is -2.15. The van der Waals surface area contributed by atoms with Gasteiger partial charge in [0.1, 0.15) is 17.3 Å². The van der Waals surface area contributed by atoms with Crippen molar-refractivity contribution >= 4 is 22.8 Å². The number of H-pyrrole nitrogens is 1. The number of hydrogen-bond donors (Lipinski definition) is 2. The van der Waals surface area contributed by atoms with Crippen LogP contribution in [0.2, 0.25) is 0 Å². The van der Waals surface area contributed by atoms with Crippen LogP contribution in [0.3, 0.4) is 0 Å². The summed E-state index contributed by atoms with van der Waals surface area (Å²) in [5.74, 6) is 2.06. The van der Waals surface area contributed by atoms with Crippen molar-refractivity contribution in [1.82, 2.24) is 15.0 Å². The number of aryl methyl sites for hydroxylation is 1. The summed E-state index contributed by atoms with van der Waals surface area (Å²) in [7, 11) is 0. The molecule has 0 aromatic carbocycles. The summed E-state index contributed by atoms with van der Waals surface area (Å²) < 4.78 is 5.76. The molecule has 7 heteroatoms. The maximum atomic E-state index is 11.5. The first kappa shape index (κ1) is 16.3. The molecule has 0 radical (unpaired) electrons. The van der Waals surface area contributed by atoms with E-state index in [9.17, 15) is 4.79 Å². The molecule has 2 atom stereocenters. The van der Waals surface area contributed by atoms with Gasteiger partial charge in [0, 0.05) is 25.9 Å². The molecule has 2 aliphatic heterocycles. The van der Waals surface area contributed by atoms with E-state index in [-0.39, 0.29) is 17.9 Å². The third kappa shape index (κ3) is 3.20. The van der Waals surface area contributed by atoms with E-state index >= 15 is 0 Å². The normalized spacial score (nSPS) is 24.9. The van der Waals surface area contributed by atoms with E-state index in [1.807, 2.05) is 19.2 Å². The first-order chi connectivity index (χ1) is 12.1. The van der Waals surface area contributed by atoms with Gasteiger partial charge < -0.3 is 20.4 Å². The molecule has 2 fully saturated rings. The van der Waals surface area contributed by atoms with Crippen molar-refractivity contribution in [2.45, 2.75) is 38.7 Å². The molecule has 134 valence electrons. The largest absolute Gasteiger partial charge is 0.377 e. The molecule has 4 rings (SSSR count). The molecule has 1 amide bonds. The van der Waals surface area contributed by atoms with E-state index in [1.54, 1.807) is 0 Å². The van der Waals surface area contributed by atoms with E-state index in [0.717, 1.165) is 61.4 Å². The minimum atomic E-state index is -0.216. The van der Waals surface area contributed by atoms with E-state index in [1.165, 1.54) is 0 Å². The topological polar surface area (TPSA) is 97.1 Å². The zero-order chi connectivity index (χ0) is 17.4. The van der Waals surface area contributed by atoms with Crippen molar-refractivity contribution < 1.29 is 9.53 Å². The predicted octanol–water partition coefficient (Wildman–Crippen LogP) is 1.76. The molecule has 0 saturated carbocycles. The van der Waals surface area contributed by atoms with Crippen LogP contribution in [0.15, 0.2) is 12.3 Å². The molecule has 3 N–H and O–H groups in total. The minimum Gasteiger partial charge on any atom is -0.377 e. The lowest BCUT2D eigenvalue weighted by Gasteiger charge is -2.34. The number of hydrogen-bond acceptors (Lipinski definition) is 5. The molecular weight excluding hydrogens is 318 g/mol. The number of carbonyl (C=O) groups excluding carboxylic acids is 1. The summed E-state index contributed by atoms with van der Waals surface area (Å²) in [6.07, 6.45) is 5.79.